The van der Waals surface area contributed by atoms with Gasteiger partial charge < -0.3 is 14.8 Å². The number of nitrogens with one attached hydrogen (secondary N) is 1. The summed E-state index contributed by atoms with van der Waals surface area (Å²) >= 11 is 1.46. The van der Waals surface area contributed by atoms with Gasteiger partial charge in [0.2, 0.25) is 5.91 Å². The summed E-state index contributed by atoms with van der Waals surface area (Å²) in [5, 5.41) is 3.52. The fourth-order valence-electron chi connectivity index (χ4n) is 2.61. The summed E-state index contributed by atoms with van der Waals surface area (Å²) in [5.41, 5.74) is 0.869. The number of hydrogen-bond acceptors (Lipinski definition) is 6. The van der Waals surface area contributed by atoms with E-state index in [9.17, 15) is 4.79 Å². The quantitative estimate of drug-likeness (QED) is 0.909. The van der Waals surface area contributed by atoms with Gasteiger partial charge in [-0.25, -0.2) is 4.98 Å². The van der Waals surface area contributed by atoms with Crippen LogP contribution < -0.4 is 10.1 Å². The molecule has 1 amide bonds. The maximum atomic E-state index is 12.2. The van der Waals surface area contributed by atoms with Crippen LogP contribution in [0.5, 0.6) is 5.75 Å². The number of hydrogen-bond donors (Lipinski definition) is 1. The molecule has 6 nitrogen and oxygen atoms in total. The van der Waals surface area contributed by atoms with E-state index in [1.54, 1.807) is 0 Å². The Morgan fingerprint density at radius 3 is 3.22 bits per heavy atom. The first-order valence-corrected chi connectivity index (χ1v) is 8.63. The zero-order chi connectivity index (χ0) is 16.2. The van der Waals surface area contributed by atoms with Gasteiger partial charge in [0.05, 0.1) is 36.1 Å². The van der Waals surface area contributed by atoms with Crippen molar-refractivity contribution < 1.29 is 14.3 Å². The number of amides is 1. The molecule has 7 heteroatoms. The molecule has 0 unspecified atom stereocenters. The van der Waals surface area contributed by atoms with Crippen molar-refractivity contribution in [1.82, 2.24) is 9.88 Å². The van der Waals surface area contributed by atoms with Crippen LogP contribution in [0, 0.1) is 0 Å². The monoisotopic (exact) mass is 335 g/mol. The van der Waals surface area contributed by atoms with Gasteiger partial charge in [0, 0.05) is 13.1 Å². The minimum atomic E-state index is -0.0387. The largest absolute Gasteiger partial charge is 0.494 e. The molecule has 1 aliphatic heterocycles. The number of thiazole rings is 1. The molecular weight excluding hydrogens is 314 g/mol. The van der Waals surface area contributed by atoms with Gasteiger partial charge in [-0.2, -0.15) is 0 Å². The number of carbonyl (C=O) groups is 1. The van der Waals surface area contributed by atoms with E-state index in [4.69, 9.17) is 9.47 Å². The van der Waals surface area contributed by atoms with Crippen LogP contribution in [0.25, 0.3) is 10.2 Å². The first-order valence-electron chi connectivity index (χ1n) is 7.81. The van der Waals surface area contributed by atoms with Crippen molar-refractivity contribution in [1.29, 1.82) is 0 Å². The first-order chi connectivity index (χ1) is 11.1. The Labute approximate surface area is 139 Å². The molecule has 0 spiro atoms. The van der Waals surface area contributed by atoms with Crippen LogP contribution in [-0.4, -0.2) is 54.7 Å². The normalized spacial score (nSPS) is 19.0. The van der Waals surface area contributed by atoms with Crippen LogP contribution >= 0.6 is 11.3 Å². The molecule has 3 rings (SSSR count). The van der Waals surface area contributed by atoms with Crippen molar-refractivity contribution in [3.8, 4) is 5.75 Å². The van der Waals surface area contributed by atoms with Crippen LogP contribution in [0.1, 0.15) is 13.8 Å². The van der Waals surface area contributed by atoms with Crippen molar-refractivity contribution in [2.24, 2.45) is 0 Å². The molecule has 0 bridgehead atoms. The molecule has 124 valence electrons. The lowest BCUT2D eigenvalue weighted by molar-refractivity contribution is -0.119. The smallest absolute Gasteiger partial charge is 0.240 e. The van der Waals surface area contributed by atoms with Gasteiger partial charge >= 0.3 is 0 Å². The Balaban J connectivity index is 1.62. The molecule has 0 saturated carbocycles. The molecule has 1 aliphatic rings. The zero-order valence-electron chi connectivity index (χ0n) is 13.4. The van der Waals surface area contributed by atoms with E-state index >= 15 is 0 Å². The van der Waals surface area contributed by atoms with Crippen molar-refractivity contribution in [3.63, 3.8) is 0 Å². The fraction of sp³-hybridized carbons (Fsp3) is 0.500. The van der Waals surface area contributed by atoms with Gasteiger partial charge in [-0.05, 0) is 32.0 Å². The predicted molar refractivity (Wildman–Crippen MR) is 91.3 cm³/mol. The van der Waals surface area contributed by atoms with Crippen molar-refractivity contribution in [2.75, 3.05) is 38.2 Å². The molecule has 1 fully saturated rings. The van der Waals surface area contributed by atoms with E-state index in [1.165, 1.54) is 11.3 Å². The lowest BCUT2D eigenvalue weighted by Gasteiger charge is -2.30. The molecular formula is C16H21N3O3S. The number of anilines is 1. The third-order valence-electron chi connectivity index (χ3n) is 3.61. The zero-order valence-corrected chi connectivity index (χ0v) is 14.2. The number of rotatable bonds is 5. The van der Waals surface area contributed by atoms with Crippen LogP contribution in [0.3, 0.4) is 0 Å². The highest BCUT2D eigenvalue weighted by Gasteiger charge is 2.19. The van der Waals surface area contributed by atoms with E-state index in [1.807, 2.05) is 32.0 Å². The Kier molecular flexibility index (Phi) is 5.09. The minimum absolute atomic E-state index is 0.0387. The fourth-order valence-corrected chi connectivity index (χ4v) is 3.52. The SMILES string of the molecule is CCOc1ccc2nc(NC(=O)CN3CCO[C@@H](C)C3)sc2c1. The average molecular weight is 335 g/mol. The predicted octanol–water partition coefficient (Wildman–Crippen LogP) is 2.35. The first kappa shape index (κ1) is 16.2. The lowest BCUT2D eigenvalue weighted by atomic mass is 10.3. The van der Waals surface area contributed by atoms with Gasteiger partial charge in [-0.3, -0.25) is 9.69 Å². The van der Waals surface area contributed by atoms with Gasteiger partial charge in [-0.1, -0.05) is 11.3 Å². The number of fused-ring (bicyclic) bond motifs is 1. The standard InChI is InChI=1S/C16H21N3O3S/c1-3-21-12-4-5-13-14(8-12)23-16(17-13)18-15(20)10-19-6-7-22-11(2)9-19/h4-5,8,11H,3,6-7,9-10H2,1-2H3,(H,17,18,20)/t11-/m0/s1. The van der Waals surface area contributed by atoms with E-state index in [-0.39, 0.29) is 12.0 Å². The van der Waals surface area contributed by atoms with Gasteiger partial charge in [0.15, 0.2) is 5.13 Å². The van der Waals surface area contributed by atoms with Crippen molar-refractivity contribution >= 4 is 32.6 Å². The topological polar surface area (TPSA) is 63.7 Å². The van der Waals surface area contributed by atoms with Crippen LogP contribution in [-0.2, 0) is 9.53 Å². The molecule has 1 aromatic carbocycles. The Morgan fingerprint density at radius 2 is 2.43 bits per heavy atom. The van der Waals surface area contributed by atoms with Gasteiger partial charge in [-0.15, -0.1) is 0 Å². The molecule has 23 heavy (non-hydrogen) atoms. The van der Waals surface area contributed by atoms with Crippen LogP contribution in [0.2, 0.25) is 0 Å². The summed E-state index contributed by atoms with van der Waals surface area (Å²) in [4.78, 5) is 18.7. The number of carbonyl (C=O) groups excluding carboxylic acids is 1. The minimum Gasteiger partial charge on any atom is -0.494 e. The van der Waals surface area contributed by atoms with E-state index in [0.717, 1.165) is 29.1 Å². The maximum Gasteiger partial charge on any atom is 0.240 e. The van der Waals surface area contributed by atoms with E-state index < -0.39 is 0 Å². The number of benzene rings is 1. The van der Waals surface area contributed by atoms with Gasteiger partial charge in [0.1, 0.15) is 5.75 Å². The Morgan fingerprint density at radius 1 is 1.57 bits per heavy atom. The molecule has 1 atom stereocenters. The molecule has 1 N–H and O–H groups in total. The molecule has 1 saturated heterocycles. The van der Waals surface area contributed by atoms with Gasteiger partial charge in [0.25, 0.3) is 0 Å². The third kappa shape index (κ3) is 4.19. The second kappa shape index (κ2) is 7.25. The summed E-state index contributed by atoms with van der Waals surface area (Å²) in [7, 11) is 0. The lowest BCUT2D eigenvalue weighted by Crippen LogP contribution is -2.44. The average Bonchev–Trinajstić information content (AvgIpc) is 2.88. The molecule has 0 aliphatic carbocycles. The highest BCUT2D eigenvalue weighted by molar-refractivity contribution is 7.22. The second-order valence-electron chi connectivity index (χ2n) is 5.55. The summed E-state index contributed by atoms with van der Waals surface area (Å²) in [6, 6.07) is 5.76. The summed E-state index contributed by atoms with van der Waals surface area (Å²) in [6.07, 6.45) is 0.177. The Hall–Kier alpha value is -1.70. The number of ether oxygens (including phenoxy) is 2. The maximum absolute atomic E-state index is 12.2. The Bertz CT molecular complexity index is 688. The third-order valence-corrected chi connectivity index (χ3v) is 4.54. The molecule has 2 aromatic rings. The van der Waals surface area contributed by atoms with Crippen molar-refractivity contribution in [3.05, 3.63) is 18.2 Å². The van der Waals surface area contributed by atoms with Crippen molar-refractivity contribution in [2.45, 2.75) is 20.0 Å². The number of aromatic nitrogens is 1. The van der Waals surface area contributed by atoms with E-state index in [0.29, 0.717) is 24.9 Å². The molecule has 1 aromatic heterocycles. The summed E-state index contributed by atoms with van der Waals surface area (Å²) < 4.78 is 12.0. The highest BCUT2D eigenvalue weighted by atomic mass is 32.1. The van der Waals surface area contributed by atoms with Crippen LogP contribution in [0.4, 0.5) is 5.13 Å². The van der Waals surface area contributed by atoms with Crippen LogP contribution in [0.15, 0.2) is 18.2 Å². The molecule has 0 radical (unpaired) electrons. The number of nitrogens with zero attached hydrogens (tertiary/aromatic N) is 2. The summed E-state index contributed by atoms with van der Waals surface area (Å²) in [5.74, 6) is 0.784. The number of morpholine rings is 1. The molecule has 2 heterocycles. The summed E-state index contributed by atoms with van der Waals surface area (Å²) in [6.45, 7) is 7.22. The van der Waals surface area contributed by atoms with E-state index in [2.05, 4.69) is 15.2 Å². The highest BCUT2D eigenvalue weighted by Crippen LogP contribution is 2.29. The second-order valence-corrected chi connectivity index (χ2v) is 6.58.